The van der Waals surface area contributed by atoms with Crippen LogP contribution in [-0.2, 0) is 17.8 Å². The van der Waals surface area contributed by atoms with E-state index in [0.717, 1.165) is 15.7 Å². The summed E-state index contributed by atoms with van der Waals surface area (Å²) in [5.41, 5.74) is 1.94. The lowest BCUT2D eigenvalue weighted by Gasteiger charge is -2.28. The molecular weight excluding hydrogens is 338 g/mol. The van der Waals surface area contributed by atoms with Crippen LogP contribution in [0.25, 0.3) is 0 Å². The first-order valence-corrected chi connectivity index (χ1v) is 7.24. The van der Waals surface area contributed by atoms with E-state index in [9.17, 15) is 9.59 Å². The van der Waals surface area contributed by atoms with Crippen molar-refractivity contribution in [3.63, 3.8) is 0 Å². The van der Waals surface area contributed by atoms with Crippen LogP contribution in [0.3, 0.4) is 0 Å². The summed E-state index contributed by atoms with van der Waals surface area (Å²) < 4.78 is 6.21. The van der Waals surface area contributed by atoms with E-state index in [4.69, 9.17) is 9.52 Å². The van der Waals surface area contributed by atoms with Gasteiger partial charge in [-0.05, 0) is 42.3 Å². The van der Waals surface area contributed by atoms with E-state index in [-0.39, 0.29) is 18.2 Å². The van der Waals surface area contributed by atoms with Gasteiger partial charge in [0.15, 0.2) is 0 Å². The maximum absolute atomic E-state index is 12.1. The van der Waals surface area contributed by atoms with Crippen LogP contribution in [0.4, 0.5) is 5.69 Å². The molecule has 0 unspecified atom stereocenters. The van der Waals surface area contributed by atoms with Gasteiger partial charge in [-0.25, -0.2) is 4.79 Å². The summed E-state index contributed by atoms with van der Waals surface area (Å²) in [4.78, 5) is 24.6. The van der Waals surface area contributed by atoms with Crippen LogP contribution in [0, 0.1) is 0 Å². The van der Waals surface area contributed by atoms with Gasteiger partial charge in [-0.1, -0.05) is 15.9 Å². The first-order valence-electron chi connectivity index (χ1n) is 6.45. The molecule has 1 amide bonds. The third-order valence-electron chi connectivity index (χ3n) is 3.43. The number of fused-ring (bicyclic) bond motifs is 1. The minimum absolute atomic E-state index is 0.0121. The van der Waals surface area contributed by atoms with Crippen molar-refractivity contribution in [2.45, 2.75) is 19.4 Å². The number of carboxylic acids is 1. The predicted molar refractivity (Wildman–Crippen MR) is 79.3 cm³/mol. The Balaban J connectivity index is 1.90. The smallest absolute Gasteiger partial charge is 0.371 e. The highest BCUT2D eigenvalue weighted by atomic mass is 79.9. The summed E-state index contributed by atoms with van der Waals surface area (Å²) in [6.07, 6.45) is 1.15. The second kappa shape index (κ2) is 5.37. The lowest BCUT2D eigenvalue weighted by molar-refractivity contribution is -0.119. The molecule has 0 saturated carbocycles. The number of benzene rings is 1. The number of hydrogen-bond donors (Lipinski definition) is 1. The monoisotopic (exact) mass is 349 g/mol. The molecule has 1 aromatic carbocycles. The molecule has 2 heterocycles. The average molecular weight is 350 g/mol. The molecule has 0 atom stereocenters. The maximum Gasteiger partial charge on any atom is 0.371 e. The largest absolute Gasteiger partial charge is 0.475 e. The Morgan fingerprint density at radius 1 is 1.29 bits per heavy atom. The first-order chi connectivity index (χ1) is 10.0. The SMILES string of the molecule is O=C(O)c1ccc(CN2C(=O)CCc3cc(Br)ccc32)o1. The first kappa shape index (κ1) is 13.9. The molecule has 1 aromatic heterocycles. The standard InChI is InChI=1S/C15H12BrNO4/c16-10-2-4-12-9(7-10)1-6-14(18)17(12)8-11-3-5-13(21-11)15(19)20/h2-5,7H,1,6,8H2,(H,19,20). The van der Waals surface area contributed by atoms with Crippen molar-refractivity contribution in [1.82, 2.24) is 0 Å². The molecule has 1 N–H and O–H groups in total. The van der Waals surface area contributed by atoms with Gasteiger partial charge >= 0.3 is 5.97 Å². The molecule has 0 bridgehead atoms. The fourth-order valence-electron chi connectivity index (χ4n) is 2.44. The lowest BCUT2D eigenvalue weighted by atomic mass is 10.0. The van der Waals surface area contributed by atoms with Gasteiger partial charge in [0.2, 0.25) is 11.7 Å². The minimum atomic E-state index is -1.12. The number of aromatic carboxylic acids is 1. The van der Waals surface area contributed by atoms with Crippen molar-refractivity contribution >= 4 is 33.5 Å². The number of rotatable bonds is 3. The fourth-order valence-corrected chi connectivity index (χ4v) is 2.84. The Hall–Kier alpha value is -2.08. The van der Waals surface area contributed by atoms with Gasteiger partial charge in [-0.3, -0.25) is 4.79 Å². The van der Waals surface area contributed by atoms with Crippen LogP contribution in [0.1, 0.15) is 28.3 Å². The van der Waals surface area contributed by atoms with Crippen molar-refractivity contribution < 1.29 is 19.1 Å². The van der Waals surface area contributed by atoms with E-state index >= 15 is 0 Å². The van der Waals surface area contributed by atoms with E-state index in [2.05, 4.69) is 15.9 Å². The van der Waals surface area contributed by atoms with Gasteiger partial charge in [0, 0.05) is 16.6 Å². The number of halogens is 1. The number of aryl methyl sites for hydroxylation is 1. The van der Waals surface area contributed by atoms with E-state index in [0.29, 0.717) is 18.6 Å². The summed E-state index contributed by atoms with van der Waals surface area (Å²) >= 11 is 3.42. The van der Waals surface area contributed by atoms with E-state index in [1.54, 1.807) is 11.0 Å². The Morgan fingerprint density at radius 2 is 2.10 bits per heavy atom. The zero-order chi connectivity index (χ0) is 15.0. The highest BCUT2D eigenvalue weighted by molar-refractivity contribution is 9.10. The van der Waals surface area contributed by atoms with E-state index in [1.807, 2.05) is 18.2 Å². The van der Waals surface area contributed by atoms with Crippen LogP contribution >= 0.6 is 15.9 Å². The van der Waals surface area contributed by atoms with Crippen molar-refractivity contribution in [2.75, 3.05) is 4.90 Å². The van der Waals surface area contributed by atoms with Gasteiger partial charge in [-0.15, -0.1) is 0 Å². The van der Waals surface area contributed by atoms with Crippen LogP contribution in [0.2, 0.25) is 0 Å². The van der Waals surface area contributed by atoms with Gasteiger partial charge in [0.1, 0.15) is 5.76 Å². The Kier molecular flexibility index (Phi) is 3.55. The van der Waals surface area contributed by atoms with Crippen molar-refractivity contribution in [2.24, 2.45) is 0 Å². The molecule has 21 heavy (non-hydrogen) atoms. The molecule has 108 valence electrons. The lowest BCUT2D eigenvalue weighted by Crippen LogP contribution is -2.34. The third kappa shape index (κ3) is 2.71. The van der Waals surface area contributed by atoms with Crippen molar-refractivity contribution in [1.29, 1.82) is 0 Å². The number of carbonyl (C=O) groups is 2. The molecular formula is C15H12BrNO4. The summed E-state index contributed by atoms with van der Waals surface area (Å²) in [6, 6.07) is 8.75. The summed E-state index contributed by atoms with van der Waals surface area (Å²) in [6.45, 7) is 0.237. The molecule has 0 spiro atoms. The van der Waals surface area contributed by atoms with Gasteiger partial charge < -0.3 is 14.4 Å². The summed E-state index contributed by atoms with van der Waals surface area (Å²) in [5, 5.41) is 8.86. The second-order valence-corrected chi connectivity index (χ2v) is 5.74. The molecule has 0 fully saturated rings. The number of anilines is 1. The van der Waals surface area contributed by atoms with E-state index < -0.39 is 5.97 Å². The zero-order valence-electron chi connectivity index (χ0n) is 11.0. The molecule has 0 aliphatic carbocycles. The number of furan rings is 1. The number of nitrogens with zero attached hydrogens (tertiary/aromatic N) is 1. The van der Waals surface area contributed by atoms with Crippen LogP contribution in [-0.4, -0.2) is 17.0 Å². The second-order valence-electron chi connectivity index (χ2n) is 4.82. The molecule has 0 radical (unpaired) electrons. The predicted octanol–water partition coefficient (Wildman–Crippen LogP) is 3.22. The molecule has 6 heteroatoms. The van der Waals surface area contributed by atoms with Gasteiger partial charge in [0.05, 0.1) is 6.54 Å². The molecule has 2 aromatic rings. The zero-order valence-corrected chi connectivity index (χ0v) is 12.6. The van der Waals surface area contributed by atoms with Crippen molar-refractivity contribution in [3.05, 3.63) is 51.9 Å². The Morgan fingerprint density at radius 3 is 2.81 bits per heavy atom. The van der Waals surface area contributed by atoms with Crippen LogP contribution < -0.4 is 4.90 Å². The number of hydrogen-bond acceptors (Lipinski definition) is 3. The fraction of sp³-hybridized carbons (Fsp3) is 0.200. The maximum atomic E-state index is 12.1. The number of amides is 1. The quantitative estimate of drug-likeness (QED) is 0.923. The van der Waals surface area contributed by atoms with E-state index in [1.165, 1.54) is 6.07 Å². The van der Waals surface area contributed by atoms with Crippen LogP contribution in [0.5, 0.6) is 0 Å². The average Bonchev–Trinajstić information content (AvgIpc) is 2.91. The highest BCUT2D eigenvalue weighted by Gasteiger charge is 2.25. The Bertz CT molecular complexity index is 722. The van der Waals surface area contributed by atoms with Crippen LogP contribution in [0.15, 0.2) is 39.2 Å². The molecule has 1 aliphatic rings. The van der Waals surface area contributed by atoms with Crippen molar-refractivity contribution in [3.8, 4) is 0 Å². The van der Waals surface area contributed by atoms with Gasteiger partial charge in [0.25, 0.3) is 0 Å². The number of carboxylic acid groups (broad SMARTS) is 1. The Labute approximate surface area is 129 Å². The molecule has 5 nitrogen and oxygen atoms in total. The molecule has 3 rings (SSSR count). The highest BCUT2D eigenvalue weighted by Crippen LogP contribution is 2.31. The summed E-state index contributed by atoms with van der Waals surface area (Å²) in [7, 11) is 0. The summed E-state index contributed by atoms with van der Waals surface area (Å²) in [5.74, 6) is -0.768. The topological polar surface area (TPSA) is 70.8 Å². The third-order valence-corrected chi connectivity index (χ3v) is 3.92. The minimum Gasteiger partial charge on any atom is -0.475 e. The number of carbonyl (C=O) groups excluding carboxylic acids is 1. The normalized spacial score (nSPS) is 14.1. The van der Waals surface area contributed by atoms with Gasteiger partial charge in [-0.2, -0.15) is 0 Å². The molecule has 1 aliphatic heterocycles. The molecule has 0 saturated heterocycles.